The molecule has 0 fully saturated rings. The van der Waals surface area contributed by atoms with Gasteiger partial charge in [0.1, 0.15) is 19.4 Å². The lowest BCUT2D eigenvalue weighted by molar-refractivity contribution is 0.0954. The van der Waals surface area contributed by atoms with Crippen molar-refractivity contribution in [1.29, 1.82) is 0 Å². The lowest BCUT2D eigenvalue weighted by Gasteiger charge is -2.12. The molecule has 5 rings (SSSR count). The van der Waals surface area contributed by atoms with Crippen molar-refractivity contribution in [3.8, 4) is 28.5 Å². The normalized spacial score (nSPS) is 12.1. The Morgan fingerprint density at radius 2 is 1.97 bits per heavy atom. The molecule has 1 aliphatic heterocycles. The number of phenolic OH excluding ortho intramolecular Hbond substituents is 1. The first-order chi connectivity index (χ1) is 15.6. The van der Waals surface area contributed by atoms with E-state index in [1.807, 2.05) is 26.0 Å². The summed E-state index contributed by atoms with van der Waals surface area (Å²) in [5.41, 5.74) is 3.38. The summed E-state index contributed by atoms with van der Waals surface area (Å²) < 4.78 is 12.3. The van der Waals surface area contributed by atoms with E-state index < -0.39 is 0 Å². The van der Waals surface area contributed by atoms with E-state index in [-0.39, 0.29) is 18.4 Å². The number of carbonyl (C=O) groups excluding carboxylic acids is 1. The number of phenols is 1. The lowest BCUT2D eigenvalue weighted by Crippen LogP contribution is -2.29. The predicted octanol–water partition coefficient (Wildman–Crippen LogP) is 0.931. The van der Waals surface area contributed by atoms with Gasteiger partial charge < -0.3 is 25.2 Å². The summed E-state index contributed by atoms with van der Waals surface area (Å²) in [6, 6.07) is 14.0. The van der Waals surface area contributed by atoms with Crippen LogP contribution in [0.25, 0.3) is 16.9 Å². The van der Waals surface area contributed by atoms with Gasteiger partial charge in [-0.05, 0) is 35.8 Å². The maximum absolute atomic E-state index is 12.5. The average Bonchev–Trinajstić information content (AvgIpc) is 3.43. The lowest BCUT2D eigenvalue weighted by atomic mass is 10.0. The van der Waals surface area contributed by atoms with Crippen LogP contribution in [0, 0.1) is 0 Å². The van der Waals surface area contributed by atoms with Crippen LogP contribution in [-0.4, -0.2) is 53.3 Å². The molecule has 0 atom stereocenters. The van der Waals surface area contributed by atoms with Gasteiger partial charge in [-0.1, -0.05) is 12.1 Å². The number of fused-ring (bicyclic) bond motifs is 2. The zero-order valence-corrected chi connectivity index (χ0v) is 17.3. The molecule has 3 heterocycles. The minimum Gasteiger partial charge on any atom is -0.507 e. The summed E-state index contributed by atoms with van der Waals surface area (Å²) >= 11 is 0. The van der Waals surface area contributed by atoms with Gasteiger partial charge in [0.05, 0.1) is 5.69 Å². The van der Waals surface area contributed by atoms with Gasteiger partial charge in [0, 0.05) is 36.5 Å². The van der Waals surface area contributed by atoms with Gasteiger partial charge in [-0.15, -0.1) is 0 Å². The first kappa shape index (κ1) is 19.7. The van der Waals surface area contributed by atoms with E-state index in [1.54, 1.807) is 41.0 Å². The van der Waals surface area contributed by atoms with Gasteiger partial charge in [0.2, 0.25) is 6.79 Å². The van der Waals surface area contributed by atoms with Crippen LogP contribution < -0.4 is 25.6 Å². The SMILES string of the molecule is Bc1cnn2c(NCCNC(=O)c3ccc4c(c3)OCO4)cc(-c3ccccc3O)nc12. The highest BCUT2D eigenvalue weighted by atomic mass is 16.7. The van der Waals surface area contributed by atoms with Crippen LogP contribution in [-0.2, 0) is 0 Å². The van der Waals surface area contributed by atoms with E-state index >= 15 is 0 Å². The molecule has 9 nitrogen and oxygen atoms in total. The molecule has 0 unspecified atom stereocenters. The van der Waals surface area contributed by atoms with Crippen molar-refractivity contribution in [2.45, 2.75) is 0 Å². The standard InChI is InChI=1S/C22H20BN5O4/c23-15-11-26-28-20(10-16(27-21(15)28)14-3-1-2-4-17(14)29)24-7-8-25-22(30)13-5-6-18-19(9-13)32-12-31-18/h1-6,9-11,24,29H,7-8,12,23H2,(H,25,30). The Labute approximate surface area is 184 Å². The fourth-order valence-corrected chi connectivity index (χ4v) is 3.53. The number of amides is 1. The van der Waals surface area contributed by atoms with Crippen LogP contribution in [0.4, 0.5) is 5.82 Å². The summed E-state index contributed by atoms with van der Waals surface area (Å²) in [5, 5.41) is 20.8. The molecular formula is C22H20BN5O4. The van der Waals surface area contributed by atoms with Gasteiger partial charge in [0.25, 0.3) is 5.91 Å². The molecule has 0 spiro atoms. The largest absolute Gasteiger partial charge is 0.507 e. The molecule has 1 amide bonds. The minimum atomic E-state index is -0.199. The Kier molecular flexibility index (Phi) is 5.02. The summed E-state index contributed by atoms with van der Waals surface area (Å²) in [6.07, 6.45) is 1.74. The summed E-state index contributed by atoms with van der Waals surface area (Å²) in [5.74, 6) is 1.87. The second kappa shape index (κ2) is 8.14. The highest BCUT2D eigenvalue weighted by molar-refractivity contribution is 6.36. The molecule has 0 saturated carbocycles. The Bertz CT molecular complexity index is 1320. The van der Waals surface area contributed by atoms with Gasteiger partial charge in [-0.2, -0.15) is 9.61 Å². The molecule has 32 heavy (non-hydrogen) atoms. The zero-order chi connectivity index (χ0) is 22.1. The monoisotopic (exact) mass is 429 g/mol. The van der Waals surface area contributed by atoms with Crippen molar-refractivity contribution in [1.82, 2.24) is 19.9 Å². The third-order valence-corrected chi connectivity index (χ3v) is 5.18. The van der Waals surface area contributed by atoms with E-state index in [4.69, 9.17) is 9.47 Å². The molecule has 2 aromatic carbocycles. The predicted molar refractivity (Wildman–Crippen MR) is 122 cm³/mol. The zero-order valence-electron chi connectivity index (χ0n) is 17.3. The molecule has 0 saturated heterocycles. The van der Waals surface area contributed by atoms with E-state index in [0.717, 1.165) is 5.46 Å². The molecule has 0 aliphatic carbocycles. The van der Waals surface area contributed by atoms with Crippen molar-refractivity contribution in [3.05, 3.63) is 60.3 Å². The molecule has 0 radical (unpaired) electrons. The molecule has 2 aromatic heterocycles. The van der Waals surface area contributed by atoms with Crippen LogP contribution in [0.5, 0.6) is 17.2 Å². The van der Waals surface area contributed by atoms with Crippen LogP contribution in [0.2, 0.25) is 0 Å². The third-order valence-electron chi connectivity index (χ3n) is 5.18. The van der Waals surface area contributed by atoms with Crippen LogP contribution >= 0.6 is 0 Å². The maximum Gasteiger partial charge on any atom is 0.251 e. The number of aromatic hydroxyl groups is 1. The van der Waals surface area contributed by atoms with E-state index in [1.165, 1.54) is 0 Å². The quantitative estimate of drug-likeness (QED) is 0.309. The minimum absolute atomic E-state index is 0.156. The Morgan fingerprint density at radius 3 is 2.84 bits per heavy atom. The fourth-order valence-electron chi connectivity index (χ4n) is 3.53. The Balaban J connectivity index is 1.30. The Hall–Kier alpha value is -4.21. The smallest absolute Gasteiger partial charge is 0.251 e. The molecule has 10 heteroatoms. The number of ether oxygens (including phenoxy) is 2. The second-order valence-corrected chi connectivity index (χ2v) is 7.36. The van der Waals surface area contributed by atoms with Gasteiger partial charge in [-0.3, -0.25) is 4.79 Å². The van der Waals surface area contributed by atoms with Crippen molar-refractivity contribution in [3.63, 3.8) is 0 Å². The van der Waals surface area contributed by atoms with Gasteiger partial charge in [-0.25, -0.2) is 4.98 Å². The van der Waals surface area contributed by atoms with Crippen molar-refractivity contribution in [2.24, 2.45) is 0 Å². The average molecular weight is 429 g/mol. The van der Waals surface area contributed by atoms with Crippen molar-refractivity contribution < 1.29 is 19.4 Å². The van der Waals surface area contributed by atoms with Crippen LogP contribution in [0.3, 0.4) is 0 Å². The summed E-state index contributed by atoms with van der Waals surface area (Å²) in [7, 11) is 1.93. The molecule has 0 bridgehead atoms. The number of benzene rings is 2. The number of hydrogen-bond donors (Lipinski definition) is 3. The number of hydrogen-bond acceptors (Lipinski definition) is 7. The summed E-state index contributed by atoms with van der Waals surface area (Å²) in [4.78, 5) is 17.1. The number of anilines is 1. The molecule has 1 aliphatic rings. The number of aromatic nitrogens is 3. The number of para-hydroxylation sites is 1. The first-order valence-electron chi connectivity index (χ1n) is 10.2. The maximum atomic E-state index is 12.5. The number of carbonyl (C=O) groups is 1. The number of nitrogens with one attached hydrogen (secondary N) is 2. The fraction of sp³-hybridized carbons (Fsp3) is 0.136. The number of rotatable bonds is 6. The first-order valence-corrected chi connectivity index (χ1v) is 10.2. The van der Waals surface area contributed by atoms with Crippen molar-refractivity contribution in [2.75, 3.05) is 25.2 Å². The van der Waals surface area contributed by atoms with E-state index in [2.05, 4.69) is 20.7 Å². The van der Waals surface area contributed by atoms with Crippen LogP contribution in [0.15, 0.2) is 54.7 Å². The van der Waals surface area contributed by atoms with E-state index in [9.17, 15) is 9.90 Å². The molecule has 4 aromatic rings. The van der Waals surface area contributed by atoms with E-state index in [0.29, 0.717) is 52.9 Å². The number of nitrogens with zero attached hydrogens (tertiary/aromatic N) is 3. The Morgan fingerprint density at radius 1 is 1.12 bits per heavy atom. The molecule has 3 N–H and O–H groups in total. The second-order valence-electron chi connectivity index (χ2n) is 7.36. The topological polar surface area (TPSA) is 110 Å². The highest BCUT2D eigenvalue weighted by Crippen LogP contribution is 2.32. The van der Waals surface area contributed by atoms with Crippen molar-refractivity contribution >= 4 is 30.7 Å². The van der Waals surface area contributed by atoms with Crippen LogP contribution in [0.1, 0.15) is 10.4 Å². The van der Waals surface area contributed by atoms with Gasteiger partial charge in [0.15, 0.2) is 17.1 Å². The molecule has 160 valence electrons. The highest BCUT2D eigenvalue weighted by Gasteiger charge is 2.16. The molecular weight excluding hydrogens is 409 g/mol. The third kappa shape index (κ3) is 3.66. The summed E-state index contributed by atoms with van der Waals surface area (Å²) in [6.45, 7) is 1.03. The van der Waals surface area contributed by atoms with Gasteiger partial charge >= 0.3 is 0 Å².